The Bertz CT molecular complexity index is 832. The second-order valence-electron chi connectivity index (χ2n) is 10.4. The van der Waals surface area contributed by atoms with Crippen molar-refractivity contribution in [2.75, 3.05) is 20.6 Å². The molecule has 2 aliphatic carbocycles. The van der Waals surface area contributed by atoms with Gasteiger partial charge in [0.25, 0.3) is 0 Å². The number of carbonyl (C=O) groups is 1. The number of hydrogen-bond acceptors (Lipinski definition) is 4. The molecule has 0 bridgehead atoms. The Kier molecular flexibility index (Phi) is 5.27. The minimum absolute atomic E-state index is 0.0381. The Balaban J connectivity index is 1.46. The summed E-state index contributed by atoms with van der Waals surface area (Å²) in [4.78, 5) is 14.9. The van der Waals surface area contributed by atoms with Gasteiger partial charge in [0.05, 0.1) is 11.4 Å². The van der Waals surface area contributed by atoms with Gasteiger partial charge in [-0.3, -0.25) is 4.79 Å². The van der Waals surface area contributed by atoms with Crippen LogP contribution in [0.15, 0.2) is 35.7 Å². The molecule has 1 saturated heterocycles. The molecule has 0 aromatic heterocycles. The van der Waals surface area contributed by atoms with E-state index in [0.717, 1.165) is 13.0 Å². The molecule has 1 aromatic rings. The lowest BCUT2D eigenvalue weighted by molar-refractivity contribution is -0.128. The summed E-state index contributed by atoms with van der Waals surface area (Å²) in [6, 6.07) is 9.31. The number of thioether (sulfide) groups is 1. The summed E-state index contributed by atoms with van der Waals surface area (Å²) in [7, 11) is 4.32. The highest BCUT2D eigenvalue weighted by Gasteiger charge is 2.54. The molecular weight excluding hydrogens is 392 g/mol. The van der Waals surface area contributed by atoms with Crippen LogP contribution in [0.4, 0.5) is 0 Å². The lowest BCUT2D eigenvalue weighted by Gasteiger charge is -2.51. The number of benzene rings is 1. The van der Waals surface area contributed by atoms with Crippen LogP contribution in [0.2, 0.25) is 0 Å². The number of amides is 1. The summed E-state index contributed by atoms with van der Waals surface area (Å²) in [5.41, 5.74) is 2.96. The fourth-order valence-electron chi connectivity index (χ4n) is 6.73. The van der Waals surface area contributed by atoms with E-state index in [1.807, 2.05) is 0 Å². The Morgan fingerprint density at radius 1 is 1.23 bits per heavy atom. The zero-order chi connectivity index (χ0) is 21.0. The molecule has 5 heteroatoms. The fourth-order valence-corrected chi connectivity index (χ4v) is 7.81. The van der Waals surface area contributed by atoms with Crippen LogP contribution in [0.3, 0.4) is 0 Å². The molecule has 7 unspecified atom stereocenters. The van der Waals surface area contributed by atoms with Gasteiger partial charge in [0.1, 0.15) is 0 Å². The summed E-state index contributed by atoms with van der Waals surface area (Å²) in [6.07, 6.45) is 6.44. The van der Waals surface area contributed by atoms with E-state index < -0.39 is 0 Å². The van der Waals surface area contributed by atoms with Crippen molar-refractivity contribution < 1.29 is 9.90 Å². The normalized spacial score (nSPS) is 39.2. The predicted molar refractivity (Wildman–Crippen MR) is 122 cm³/mol. The molecule has 1 amide bonds. The number of fused-ring (bicyclic) bond motifs is 3. The van der Waals surface area contributed by atoms with Gasteiger partial charge in [-0.1, -0.05) is 43.7 Å². The van der Waals surface area contributed by atoms with E-state index in [4.69, 9.17) is 0 Å². The first-order chi connectivity index (χ1) is 14.4. The number of aliphatic hydroxyl groups excluding tert-OH is 1. The molecule has 3 fully saturated rings. The average Bonchev–Trinajstić information content (AvgIpc) is 3.17. The van der Waals surface area contributed by atoms with E-state index in [0.29, 0.717) is 11.3 Å². The number of aliphatic hydroxyl groups is 1. The van der Waals surface area contributed by atoms with Gasteiger partial charge >= 0.3 is 0 Å². The average molecular weight is 427 g/mol. The molecule has 7 atom stereocenters. The first kappa shape index (κ1) is 20.6. The molecule has 30 heavy (non-hydrogen) atoms. The minimum Gasteiger partial charge on any atom is -0.392 e. The second-order valence-corrected chi connectivity index (χ2v) is 11.4. The van der Waals surface area contributed by atoms with Gasteiger partial charge in [-0.05, 0) is 61.7 Å². The van der Waals surface area contributed by atoms with Crippen molar-refractivity contribution in [3.05, 3.63) is 46.9 Å². The molecule has 2 N–H and O–H groups in total. The predicted octanol–water partition coefficient (Wildman–Crippen LogP) is 3.51. The van der Waals surface area contributed by atoms with E-state index in [1.54, 1.807) is 11.8 Å². The van der Waals surface area contributed by atoms with Gasteiger partial charge < -0.3 is 15.3 Å². The van der Waals surface area contributed by atoms with Gasteiger partial charge in [0.2, 0.25) is 5.91 Å². The lowest BCUT2D eigenvalue weighted by Crippen LogP contribution is -2.62. The maximum absolute atomic E-state index is 12.6. The van der Waals surface area contributed by atoms with Crippen LogP contribution in [-0.4, -0.2) is 53.9 Å². The van der Waals surface area contributed by atoms with Crippen molar-refractivity contribution in [3.8, 4) is 0 Å². The third kappa shape index (κ3) is 3.25. The summed E-state index contributed by atoms with van der Waals surface area (Å²) in [6.45, 7) is 3.27. The molecule has 0 spiro atoms. The van der Waals surface area contributed by atoms with Crippen molar-refractivity contribution in [2.24, 2.45) is 17.8 Å². The first-order valence-corrected chi connectivity index (χ1v) is 12.4. The molecule has 1 aromatic carbocycles. The highest BCUT2D eigenvalue weighted by molar-refractivity contribution is 8.03. The van der Waals surface area contributed by atoms with E-state index in [9.17, 15) is 9.90 Å². The zero-order valence-corrected chi connectivity index (χ0v) is 19.1. The minimum atomic E-state index is -0.360. The van der Waals surface area contributed by atoms with E-state index in [2.05, 4.69) is 67.0 Å². The fraction of sp³-hybridized carbons (Fsp3) is 0.640. The van der Waals surface area contributed by atoms with Gasteiger partial charge in [-0.25, -0.2) is 0 Å². The van der Waals surface area contributed by atoms with Gasteiger partial charge in [-0.2, -0.15) is 0 Å². The summed E-state index contributed by atoms with van der Waals surface area (Å²) >= 11 is 1.63. The third-order valence-electron chi connectivity index (χ3n) is 8.20. The molecule has 5 rings (SSSR count). The molecule has 4 aliphatic rings. The van der Waals surface area contributed by atoms with Crippen LogP contribution in [0.25, 0.3) is 0 Å². The van der Waals surface area contributed by atoms with Crippen LogP contribution in [-0.2, 0) is 10.2 Å². The Morgan fingerprint density at radius 3 is 2.60 bits per heavy atom. The molecule has 162 valence electrons. The van der Waals surface area contributed by atoms with Crippen molar-refractivity contribution in [1.82, 2.24) is 10.2 Å². The van der Waals surface area contributed by atoms with Crippen LogP contribution in [0.1, 0.15) is 49.7 Å². The molecular formula is C25H34N2O2S. The van der Waals surface area contributed by atoms with Crippen molar-refractivity contribution in [1.29, 1.82) is 0 Å². The van der Waals surface area contributed by atoms with Gasteiger partial charge in [0, 0.05) is 29.8 Å². The third-order valence-corrected chi connectivity index (χ3v) is 9.33. The SMILES string of the molecule is CC1CC(O)C(c2ccc(C3(CN(C)C)CCC3)cc2)C2C3C=CSC3C(=O)NC12. The van der Waals surface area contributed by atoms with Gasteiger partial charge in [-0.15, -0.1) is 11.8 Å². The van der Waals surface area contributed by atoms with Crippen LogP contribution < -0.4 is 5.32 Å². The number of likely N-dealkylation sites (N-methyl/N-ethyl adjacent to an activating group) is 1. The highest BCUT2D eigenvalue weighted by Crippen LogP contribution is 2.52. The number of allylic oxidation sites excluding steroid dienone is 1. The molecule has 2 heterocycles. The second kappa shape index (κ2) is 7.68. The smallest absolute Gasteiger partial charge is 0.234 e. The van der Waals surface area contributed by atoms with E-state index in [1.165, 1.54) is 30.4 Å². The Hall–Kier alpha value is -1.30. The number of nitrogens with one attached hydrogen (secondary N) is 1. The van der Waals surface area contributed by atoms with Crippen LogP contribution >= 0.6 is 11.8 Å². The number of piperidine rings is 1. The summed E-state index contributed by atoms with van der Waals surface area (Å²) < 4.78 is 0. The van der Waals surface area contributed by atoms with Crippen LogP contribution in [0, 0.1) is 17.8 Å². The van der Waals surface area contributed by atoms with Crippen molar-refractivity contribution >= 4 is 17.7 Å². The largest absolute Gasteiger partial charge is 0.392 e. The zero-order valence-electron chi connectivity index (χ0n) is 18.3. The van der Waals surface area contributed by atoms with Gasteiger partial charge in [0.15, 0.2) is 0 Å². The number of nitrogens with zero attached hydrogens (tertiary/aromatic N) is 1. The topological polar surface area (TPSA) is 52.6 Å². The number of rotatable bonds is 4. The Morgan fingerprint density at radius 2 is 1.97 bits per heavy atom. The lowest BCUT2D eigenvalue weighted by atomic mass is 9.60. The van der Waals surface area contributed by atoms with Crippen molar-refractivity contribution in [3.63, 3.8) is 0 Å². The van der Waals surface area contributed by atoms with Crippen LogP contribution in [0.5, 0.6) is 0 Å². The standard InChI is InChI=1S/C25H34N2O2S/c1-15-13-19(28)20(21-18-9-12-30-23(18)24(29)26-22(15)21)16-5-7-17(8-6-16)25(10-4-11-25)14-27(2)3/h5-9,12,15,18-23,28H,4,10-11,13-14H2,1-3H3,(H,26,29). The summed E-state index contributed by atoms with van der Waals surface area (Å²) in [5, 5.41) is 16.5. The summed E-state index contributed by atoms with van der Waals surface area (Å²) in [5.74, 6) is 1.00. The molecule has 0 radical (unpaired) electrons. The number of carbonyl (C=O) groups excluding carboxylic acids is 1. The maximum atomic E-state index is 12.6. The monoisotopic (exact) mass is 426 g/mol. The molecule has 2 aliphatic heterocycles. The molecule has 4 nitrogen and oxygen atoms in total. The van der Waals surface area contributed by atoms with E-state index >= 15 is 0 Å². The quantitative estimate of drug-likeness (QED) is 0.774. The highest BCUT2D eigenvalue weighted by atomic mass is 32.2. The van der Waals surface area contributed by atoms with Crippen molar-refractivity contribution in [2.45, 2.75) is 61.3 Å². The molecule has 2 saturated carbocycles. The number of hydrogen-bond donors (Lipinski definition) is 2. The maximum Gasteiger partial charge on any atom is 0.234 e. The van der Waals surface area contributed by atoms with E-state index in [-0.39, 0.29) is 41.1 Å². The first-order valence-electron chi connectivity index (χ1n) is 11.5. The Labute approximate surface area is 184 Å².